The van der Waals surface area contributed by atoms with Gasteiger partial charge in [0.05, 0.1) is 0 Å². The van der Waals surface area contributed by atoms with Gasteiger partial charge in [-0.15, -0.1) is 0 Å². The van der Waals surface area contributed by atoms with Gasteiger partial charge in [-0.05, 0) is 67.8 Å². The molecule has 0 aromatic carbocycles. The Labute approximate surface area is 161 Å². The molecule has 0 amide bonds. The molecule has 0 unspecified atom stereocenters. The number of nitrogens with zero attached hydrogens (tertiary/aromatic N) is 2. The number of hydrogen-bond donors (Lipinski definition) is 0. The Kier molecular flexibility index (Phi) is 7.95. The van der Waals surface area contributed by atoms with Crippen LogP contribution < -0.4 is 0 Å². The Morgan fingerprint density at radius 2 is 1.23 bits per heavy atom. The second-order valence-corrected chi connectivity index (χ2v) is 9.15. The van der Waals surface area contributed by atoms with Crippen molar-refractivity contribution >= 4 is 0 Å². The molecule has 0 radical (unpaired) electrons. The third kappa shape index (κ3) is 5.79. The Hall–Kier alpha value is -0.920. The van der Waals surface area contributed by atoms with E-state index in [1.165, 1.54) is 82.6 Å². The van der Waals surface area contributed by atoms with Crippen LogP contribution >= 0.6 is 0 Å². The molecule has 0 spiro atoms. The van der Waals surface area contributed by atoms with E-state index in [4.69, 9.17) is 0 Å². The number of aromatic nitrogens is 2. The largest absolute Gasteiger partial charge is 0.241 e. The van der Waals surface area contributed by atoms with Crippen LogP contribution in [-0.4, -0.2) is 9.97 Å². The predicted molar refractivity (Wildman–Crippen MR) is 110 cm³/mol. The monoisotopic (exact) mass is 356 g/mol. The van der Waals surface area contributed by atoms with Crippen LogP contribution in [0.25, 0.3) is 0 Å². The van der Waals surface area contributed by atoms with Crippen molar-refractivity contribution in [3.63, 3.8) is 0 Å². The molecule has 1 aromatic heterocycles. The summed E-state index contributed by atoms with van der Waals surface area (Å²) in [7, 11) is 0. The summed E-state index contributed by atoms with van der Waals surface area (Å²) in [5, 5.41) is 0. The maximum atomic E-state index is 4.58. The average Bonchev–Trinajstić information content (AvgIpc) is 2.69. The lowest BCUT2D eigenvalue weighted by Crippen LogP contribution is -2.26. The zero-order valence-electron chi connectivity index (χ0n) is 17.3. The van der Waals surface area contributed by atoms with Crippen LogP contribution in [0.5, 0.6) is 0 Å². The molecular formula is C24H40N2. The molecule has 0 atom stereocenters. The fourth-order valence-electron chi connectivity index (χ4n) is 5.57. The van der Waals surface area contributed by atoms with Gasteiger partial charge < -0.3 is 0 Å². The van der Waals surface area contributed by atoms with Crippen molar-refractivity contribution in [2.24, 2.45) is 23.7 Å². The van der Waals surface area contributed by atoms with Crippen molar-refractivity contribution in [1.82, 2.24) is 9.97 Å². The zero-order valence-corrected chi connectivity index (χ0v) is 17.3. The number of aryl methyl sites for hydroxylation is 2. The molecule has 2 nitrogen and oxygen atoms in total. The summed E-state index contributed by atoms with van der Waals surface area (Å²) in [5.41, 5.74) is 1.28. The number of hydrogen-bond acceptors (Lipinski definition) is 2. The van der Waals surface area contributed by atoms with Crippen molar-refractivity contribution in [2.45, 2.75) is 104 Å². The minimum absolute atomic E-state index is 0.918. The molecule has 146 valence electrons. The van der Waals surface area contributed by atoms with E-state index in [0.29, 0.717) is 0 Å². The molecule has 0 N–H and O–H groups in total. The van der Waals surface area contributed by atoms with Crippen LogP contribution in [0, 0.1) is 23.7 Å². The van der Waals surface area contributed by atoms with E-state index < -0.39 is 0 Å². The highest BCUT2D eigenvalue weighted by atomic mass is 14.9. The van der Waals surface area contributed by atoms with Gasteiger partial charge in [-0.3, -0.25) is 0 Å². The summed E-state index contributed by atoms with van der Waals surface area (Å²) in [6.45, 7) is 4.55. The van der Waals surface area contributed by atoms with Crippen LogP contribution in [0.15, 0.2) is 12.4 Å². The van der Waals surface area contributed by atoms with Gasteiger partial charge in [0.2, 0.25) is 0 Å². The first-order valence-electron chi connectivity index (χ1n) is 11.6. The minimum Gasteiger partial charge on any atom is -0.241 e. The molecule has 2 fully saturated rings. The molecule has 2 aliphatic rings. The molecule has 0 saturated heterocycles. The van der Waals surface area contributed by atoms with Gasteiger partial charge in [0.1, 0.15) is 5.82 Å². The van der Waals surface area contributed by atoms with Gasteiger partial charge in [-0.25, -0.2) is 9.97 Å². The average molecular weight is 357 g/mol. The summed E-state index contributed by atoms with van der Waals surface area (Å²) in [5.74, 6) is 5.12. The van der Waals surface area contributed by atoms with Crippen molar-refractivity contribution in [1.29, 1.82) is 0 Å². The third-order valence-corrected chi connectivity index (χ3v) is 7.22. The first-order valence-corrected chi connectivity index (χ1v) is 11.6. The van der Waals surface area contributed by atoms with Crippen molar-refractivity contribution in [3.05, 3.63) is 23.8 Å². The fourth-order valence-corrected chi connectivity index (χ4v) is 5.57. The first-order chi connectivity index (χ1) is 12.8. The predicted octanol–water partition coefficient (Wildman–Crippen LogP) is 6.77. The molecule has 2 saturated carbocycles. The summed E-state index contributed by atoms with van der Waals surface area (Å²) in [4.78, 5) is 9.16. The molecule has 3 rings (SSSR count). The highest BCUT2D eigenvalue weighted by Gasteiger charge is 2.30. The molecular weight excluding hydrogens is 316 g/mol. The standard InChI is InChI=1S/C24H40N2/c1-3-5-19-7-12-22(13-8-19)23-14-9-20(10-15-23)11-16-24-25-17-21(6-4-2)18-26-24/h17-20,22-23H,3-16H2,1-2H3. The topological polar surface area (TPSA) is 25.8 Å². The summed E-state index contributed by atoms with van der Waals surface area (Å²) >= 11 is 0. The van der Waals surface area contributed by atoms with Gasteiger partial charge in [-0.2, -0.15) is 0 Å². The molecule has 0 aliphatic heterocycles. The van der Waals surface area contributed by atoms with E-state index in [-0.39, 0.29) is 0 Å². The highest BCUT2D eigenvalue weighted by Crippen LogP contribution is 2.42. The van der Waals surface area contributed by atoms with E-state index in [9.17, 15) is 0 Å². The van der Waals surface area contributed by atoms with E-state index in [0.717, 1.165) is 42.3 Å². The lowest BCUT2D eigenvalue weighted by molar-refractivity contribution is 0.141. The molecule has 0 bridgehead atoms. The van der Waals surface area contributed by atoms with E-state index in [1.54, 1.807) is 0 Å². The lowest BCUT2D eigenvalue weighted by atomic mass is 9.68. The molecule has 26 heavy (non-hydrogen) atoms. The second kappa shape index (κ2) is 10.4. The van der Waals surface area contributed by atoms with Gasteiger partial charge in [0, 0.05) is 18.8 Å². The van der Waals surface area contributed by atoms with Gasteiger partial charge in [0.15, 0.2) is 0 Å². The quantitative estimate of drug-likeness (QED) is 0.513. The SMILES string of the molecule is CCCc1cnc(CCC2CCC(C3CCC(CCC)CC3)CC2)nc1. The summed E-state index contributed by atoms with van der Waals surface area (Å²) in [6, 6.07) is 0. The van der Waals surface area contributed by atoms with Crippen LogP contribution in [0.4, 0.5) is 0 Å². The summed E-state index contributed by atoms with van der Waals surface area (Å²) in [6.07, 6.45) is 23.5. The van der Waals surface area contributed by atoms with Gasteiger partial charge in [0.25, 0.3) is 0 Å². The van der Waals surface area contributed by atoms with Gasteiger partial charge in [-0.1, -0.05) is 58.8 Å². The minimum atomic E-state index is 0.918. The maximum Gasteiger partial charge on any atom is 0.128 e. The van der Waals surface area contributed by atoms with E-state index >= 15 is 0 Å². The Bertz CT molecular complexity index is 493. The Morgan fingerprint density at radius 3 is 1.73 bits per heavy atom. The number of rotatable bonds is 8. The molecule has 2 heteroatoms. The van der Waals surface area contributed by atoms with E-state index in [1.807, 2.05) is 12.4 Å². The van der Waals surface area contributed by atoms with Crippen molar-refractivity contribution in [2.75, 3.05) is 0 Å². The highest BCUT2D eigenvalue weighted by molar-refractivity contribution is 5.05. The van der Waals surface area contributed by atoms with E-state index in [2.05, 4.69) is 23.8 Å². The van der Waals surface area contributed by atoms with Crippen LogP contribution in [0.1, 0.15) is 102 Å². The second-order valence-electron chi connectivity index (χ2n) is 9.15. The Morgan fingerprint density at radius 1 is 0.692 bits per heavy atom. The maximum absolute atomic E-state index is 4.58. The first kappa shape index (κ1) is 19.8. The van der Waals surface area contributed by atoms with Crippen LogP contribution in [0.2, 0.25) is 0 Å². The van der Waals surface area contributed by atoms with Crippen LogP contribution in [-0.2, 0) is 12.8 Å². The fraction of sp³-hybridized carbons (Fsp3) is 0.833. The normalized spacial score (nSPS) is 29.6. The zero-order chi connectivity index (χ0) is 18.2. The Balaban J connectivity index is 1.35. The molecule has 1 aromatic rings. The third-order valence-electron chi connectivity index (χ3n) is 7.22. The summed E-state index contributed by atoms with van der Waals surface area (Å²) < 4.78 is 0. The van der Waals surface area contributed by atoms with Crippen molar-refractivity contribution in [3.8, 4) is 0 Å². The van der Waals surface area contributed by atoms with Gasteiger partial charge >= 0.3 is 0 Å². The molecule has 1 heterocycles. The lowest BCUT2D eigenvalue weighted by Gasteiger charge is -2.38. The van der Waals surface area contributed by atoms with Crippen molar-refractivity contribution < 1.29 is 0 Å². The smallest absolute Gasteiger partial charge is 0.128 e. The molecule has 2 aliphatic carbocycles. The van der Waals surface area contributed by atoms with Crippen LogP contribution in [0.3, 0.4) is 0 Å².